The van der Waals surface area contributed by atoms with E-state index in [2.05, 4.69) is 0 Å². The molecule has 0 N–H and O–H groups in total. The molecule has 1 aromatic rings. The van der Waals surface area contributed by atoms with Gasteiger partial charge in [-0.3, -0.25) is 4.79 Å². The topological polar surface area (TPSA) is 17.1 Å². The van der Waals surface area contributed by atoms with E-state index in [1.807, 2.05) is 24.5 Å². The summed E-state index contributed by atoms with van der Waals surface area (Å²) in [6, 6.07) is 9.06. The standard InChI is InChI=1S/C10H9ClOS/c1-13-10(11)7-9(12)8-5-3-2-4-6-8/h2-7H,1H3/b10-7-. The number of ketones is 1. The Bertz CT molecular complexity index is 319. The van der Waals surface area contributed by atoms with Crippen molar-refractivity contribution in [3.05, 3.63) is 46.3 Å². The van der Waals surface area contributed by atoms with Gasteiger partial charge in [0.2, 0.25) is 0 Å². The van der Waals surface area contributed by atoms with Crippen molar-refractivity contribution >= 4 is 29.1 Å². The van der Waals surface area contributed by atoms with E-state index in [4.69, 9.17) is 11.6 Å². The Labute approximate surface area is 86.8 Å². The van der Waals surface area contributed by atoms with Gasteiger partial charge in [-0.25, -0.2) is 0 Å². The first-order valence-corrected chi connectivity index (χ1v) is 5.35. The zero-order valence-electron chi connectivity index (χ0n) is 7.16. The highest BCUT2D eigenvalue weighted by Crippen LogP contribution is 2.16. The third kappa shape index (κ3) is 3.25. The number of halogens is 1. The van der Waals surface area contributed by atoms with E-state index >= 15 is 0 Å². The van der Waals surface area contributed by atoms with Crippen LogP contribution in [-0.2, 0) is 0 Å². The maximum Gasteiger partial charge on any atom is 0.187 e. The minimum absolute atomic E-state index is 0.0556. The lowest BCUT2D eigenvalue weighted by atomic mass is 10.1. The van der Waals surface area contributed by atoms with Crippen molar-refractivity contribution in [1.29, 1.82) is 0 Å². The van der Waals surface area contributed by atoms with Crippen LogP contribution in [0.25, 0.3) is 0 Å². The molecule has 0 atom stereocenters. The molecule has 0 spiro atoms. The number of benzene rings is 1. The van der Waals surface area contributed by atoms with Crippen LogP contribution in [0, 0.1) is 0 Å². The Morgan fingerprint density at radius 2 is 2.00 bits per heavy atom. The Morgan fingerprint density at radius 1 is 1.38 bits per heavy atom. The molecular formula is C10H9ClOS. The molecule has 0 aliphatic rings. The van der Waals surface area contributed by atoms with Gasteiger partial charge in [-0.15, -0.1) is 11.8 Å². The van der Waals surface area contributed by atoms with Gasteiger partial charge in [0.1, 0.15) is 0 Å². The van der Waals surface area contributed by atoms with Crippen molar-refractivity contribution in [2.45, 2.75) is 0 Å². The first-order valence-electron chi connectivity index (χ1n) is 3.74. The van der Waals surface area contributed by atoms with Crippen LogP contribution in [0.5, 0.6) is 0 Å². The van der Waals surface area contributed by atoms with Crippen LogP contribution in [0.1, 0.15) is 10.4 Å². The van der Waals surface area contributed by atoms with Crippen LogP contribution in [0.3, 0.4) is 0 Å². The molecular weight excluding hydrogens is 204 g/mol. The minimum Gasteiger partial charge on any atom is -0.289 e. The van der Waals surface area contributed by atoms with Gasteiger partial charge >= 0.3 is 0 Å². The molecule has 0 radical (unpaired) electrons. The van der Waals surface area contributed by atoms with Gasteiger partial charge < -0.3 is 0 Å². The zero-order chi connectivity index (χ0) is 9.68. The number of allylic oxidation sites excluding steroid dienone is 1. The van der Waals surface area contributed by atoms with Crippen LogP contribution < -0.4 is 0 Å². The molecule has 0 aliphatic heterocycles. The summed E-state index contributed by atoms with van der Waals surface area (Å²) in [5, 5.41) is 0. The summed E-state index contributed by atoms with van der Waals surface area (Å²) in [6.45, 7) is 0. The molecule has 0 aromatic heterocycles. The summed E-state index contributed by atoms with van der Waals surface area (Å²) in [5.74, 6) is -0.0556. The molecule has 0 heterocycles. The molecule has 0 aliphatic carbocycles. The van der Waals surface area contributed by atoms with E-state index in [9.17, 15) is 4.79 Å². The van der Waals surface area contributed by atoms with Crippen molar-refractivity contribution < 1.29 is 4.79 Å². The van der Waals surface area contributed by atoms with E-state index in [1.165, 1.54) is 17.8 Å². The molecule has 0 fully saturated rings. The Balaban J connectivity index is 2.81. The van der Waals surface area contributed by atoms with Gasteiger partial charge in [0, 0.05) is 11.6 Å². The number of thioether (sulfide) groups is 1. The molecule has 0 saturated carbocycles. The maximum atomic E-state index is 11.4. The van der Waals surface area contributed by atoms with Crippen molar-refractivity contribution in [3.8, 4) is 0 Å². The minimum atomic E-state index is -0.0556. The van der Waals surface area contributed by atoms with Crippen LogP contribution in [-0.4, -0.2) is 12.0 Å². The van der Waals surface area contributed by atoms with Crippen molar-refractivity contribution in [1.82, 2.24) is 0 Å². The lowest BCUT2D eigenvalue weighted by Crippen LogP contribution is -1.93. The first-order chi connectivity index (χ1) is 6.24. The van der Waals surface area contributed by atoms with Gasteiger partial charge in [-0.2, -0.15) is 0 Å². The zero-order valence-corrected chi connectivity index (χ0v) is 8.73. The number of hydrogen-bond donors (Lipinski definition) is 0. The SMILES string of the molecule is CS/C(Cl)=C\C(=O)c1ccccc1. The van der Waals surface area contributed by atoms with Crippen molar-refractivity contribution in [3.63, 3.8) is 0 Å². The van der Waals surface area contributed by atoms with Gasteiger partial charge in [-0.05, 0) is 6.26 Å². The normalized spacial score (nSPS) is 11.4. The van der Waals surface area contributed by atoms with E-state index in [0.29, 0.717) is 9.93 Å². The van der Waals surface area contributed by atoms with Gasteiger partial charge in [-0.1, -0.05) is 41.9 Å². The van der Waals surface area contributed by atoms with E-state index in [1.54, 1.807) is 12.1 Å². The third-order valence-corrected chi connectivity index (χ3v) is 2.58. The summed E-state index contributed by atoms with van der Waals surface area (Å²) in [7, 11) is 0. The number of hydrogen-bond acceptors (Lipinski definition) is 2. The average molecular weight is 213 g/mol. The first kappa shape index (κ1) is 10.4. The second kappa shape index (κ2) is 5.10. The second-order valence-corrected chi connectivity index (χ2v) is 3.86. The summed E-state index contributed by atoms with van der Waals surface area (Å²) in [5.41, 5.74) is 0.662. The number of carbonyl (C=O) groups excluding carboxylic acids is 1. The van der Waals surface area contributed by atoms with Crippen LogP contribution in [0.15, 0.2) is 40.8 Å². The van der Waals surface area contributed by atoms with E-state index in [0.717, 1.165) is 0 Å². The Kier molecular flexibility index (Phi) is 4.06. The van der Waals surface area contributed by atoms with Crippen LogP contribution >= 0.6 is 23.4 Å². The lowest BCUT2D eigenvalue weighted by molar-refractivity contribution is 0.104. The number of rotatable bonds is 3. The molecule has 3 heteroatoms. The second-order valence-electron chi connectivity index (χ2n) is 2.38. The van der Waals surface area contributed by atoms with Gasteiger partial charge in [0.25, 0.3) is 0 Å². The molecule has 0 saturated heterocycles. The van der Waals surface area contributed by atoms with Gasteiger partial charge in [0.15, 0.2) is 5.78 Å². The van der Waals surface area contributed by atoms with Crippen molar-refractivity contribution in [2.75, 3.05) is 6.26 Å². The largest absolute Gasteiger partial charge is 0.289 e. The summed E-state index contributed by atoms with van der Waals surface area (Å²) < 4.78 is 0.508. The maximum absolute atomic E-state index is 11.4. The van der Waals surface area contributed by atoms with Crippen molar-refractivity contribution in [2.24, 2.45) is 0 Å². The smallest absolute Gasteiger partial charge is 0.187 e. The fourth-order valence-corrected chi connectivity index (χ4v) is 1.17. The summed E-state index contributed by atoms with van der Waals surface area (Å²) >= 11 is 7.07. The predicted molar refractivity (Wildman–Crippen MR) is 58.2 cm³/mol. The van der Waals surface area contributed by atoms with Crippen LogP contribution in [0.4, 0.5) is 0 Å². The van der Waals surface area contributed by atoms with E-state index in [-0.39, 0.29) is 5.78 Å². The Morgan fingerprint density at radius 3 is 2.54 bits per heavy atom. The quantitative estimate of drug-likeness (QED) is 0.565. The van der Waals surface area contributed by atoms with Crippen LogP contribution in [0.2, 0.25) is 0 Å². The molecule has 68 valence electrons. The molecule has 0 bridgehead atoms. The fourth-order valence-electron chi connectivity index (χ4n) is 0.848. The molecule has 1 nitrogen and oxygen atoms in total. The summed E-state index contributed by atoms with van der Waals surface area (Å²) in [6.07, 6.45) is 3.26. The molecule has 1 rings (SSSR count). The average Bonchev–Trinajstić information content (AvgIpc) is 2.19. The fraction of sp³-hybridized carbons (Fsp3) is 0.100. The molecule has 13 heavy (non-hydrogen) atoms. The predicted octanol–water partition coefficient (Wildman–Crippen LogP) is 3.31. The monoisotopic (exact) mass is 212 g/mol. The lowest BCUT2D eigenvalue weighted by Gasteiger charge is -1.94. The molecule has 0 amide bonds. The highest BCUT2D eigenvalue weighted by atomic mass is 35.5. The van der Waals surface area contributed by atoms with E-state index < -0.39 is 0 Å². The highest BCUT2D eigenvalue weighted by molar-refractivity contribution is 8.03. The third-order valence-electron chi connectivity index (χ3n) is 1.50. The summed E-state index contributed by atoms with van der Waals surface area (Å²) in [4.78, 5) is 11.4. The molecule has 1 aromatic carbocycles. The number of carbonyl (C=O) groups is 1. The Hall–Kier alpha value is -0.730. The highest BCUT2D eigenvalue weighted by Gasteiger charge is 2.01. The van der Waals surface area contributed by atoms with Gasteiger partial charge in [0.05, 0.1) is 4.36 Å². The molecule has 0 unspecified atom stereocenters.